The van der Waals surface area contributed by atoms with E-state index < -0.39 is 0 Å². The van der Waals surface area contributed by atoms with Gasteiger partial charge in [-0.3, -0.25) is 9.48 Å². The van der Waals surface area contributed by atoms with Crippen molar-refractivity contribution >= 4 is 21.7 Å². The van der Waals surface area contributed by atoms with E-state index in [0.717, 1.165) is 23.7 Å². The number of carbonyl (C=O) groups excluding carboxylic acids is 1. The Hall–Kier alpha value is -0.680. The molecule has 0 aliphatic heterocycles. The number of rotatable bonds is 3. The molecule has 1 aliphatic carbocycles. The normalized spacial score (nSPS) is 24.9. The predicted molar refractivity (Wildman–Crippen MR) is 65.1 cm³/mol. The molecule has 1 fully saturated rings. The molecule has 0 spiro atoms. The maximum absolute atomic E-state index is 12.4. The number of nitrogens with two attached hydrogens (primary N) is 1. The third-order valence-electron chi connectivity index (χ3n) is 3.43. The zero-order valence-corrected chi connectivity index (χ0v) is 10.9. The van der Waals surface area contributed by atoms with Crippen molar-refractivity contribution in [1.29, 1.82) is 0 Å². The molecule has 0 aromatic carbocycles. The first-order valence-corrected chi connectivity index (χ1v) is 6.36. The number of hydrogen-bond donors (Lipinski definition) is 1. The minimum atomic E-state index is 0.0803. The molecule has 5 heteroatoms. The second-order valence-corrected chi connectivity index (χ2v) is 5.22. The zero-order valence-electron chi connectivity index (χ0n) is 9.32. The first-order chi connectivity index (χ1) is 7.65. The molecule has 0 amide bonds. The van der Waals surface area contributed by atoms with E-state index in [1.54, 1.807) is 17.9 Å². The lowest BCUT2D eigenvalue weighted by molar-refractivity contribution is 0.0882. The summed E-state index contributed by atoms with van der Waals surface area (Å²) in [6, 6.07) is 0. The number of nitrogens with zero attached hydrogens (tertiary/aromatic N) is 2. The molecule has 0 radical (unpaired) electrons. The van der Waals surface area contributed by atoms with Gasteiger partial charge in [0.2, 0.25) is 0 Å². The highest BCUT2D eigenvalue weighted by molar-refractivity contribution is 9.10. The fourth-order valence-electron chi connectivity index (χ4n) is 2.53. The minimum Gasteiger partial charge on any atom is -0.330 e. The summed E-state index contributed by atoms with van der Waals surface area (Å²) in [6.07, 6.45) is 4.80. The average Bonchev–Trinajstić information content (AvgIpc) is 2.85. The first kappa shape index (κ1) is 11.8. The van der Waals surface area contributed by atoms with Gasteiger partial charge in [-0.25, -0.2) is 0 Å². The molecule has 88 valence electrons. The van der Waals surface area contributed by atoms with Crippen LogP contribution >= 0.6 is 15.9 Å². The lowest BCUT2D eigenvalue weighted by Gasteiger charge is -2.16. The molecule has 2 unspecified atom stereocenters. The molecule has 0 saturated heterocycles. The van der Waals surface area contributed by atoms with Gasteiger partial charge in [0.05, 0.1) is 10.7 Å². The second-order valence-electron chi connectivity index (χ2n) is 4.36. The Morgan fingerprint density at radius 1 is 1.69 bits per heavy atom. The second kappa shape index (κ2) is 4.67. The van der Waals surface area contributed by atoms with Crippen LogP contribution in [0.1, 0.15) is 29.8 Å². The summed E-state index contributed by atoms with van der Waals surface area (Å²) >= 11 is 3.37. The van der Waals surface area contributed by atoms with E-state index >= 15 is 0 Å². The molecule has 1 aromatic rings. The van der Waals surface area contributed by atoms with Gasteiger partial charge < -0.3 is 5.73 Å². The van der Waals surface area contributed by atoms with Crippen molar-refractivity contribution in [1.82, 2.24) is 9.78 Å². The molecular formula is C11H16BrN3O. The van der Waals surface area contributed by atoms with Gasteiger partial charge in [-0.2, -0.15) is 5.10 Å². The van der Waals surface area contributed by atoms with Crippen molar-refractivity contribution in [3.05, 3.63) is 16.4 Å². The lowest BCUT2D eigenvalue weighted by atomic mass is 9.90. The Morgan fingerprint density at radius 3 is 3.00 bits per heavy atom. The molecule has 1 aromatic heterocycles. The van der Waals surface area contributed by atoms with Crippen molar-refractivity contribution in [2.75, 3.05) is 6.54 Å². The average molecular weight is 286 g/mol. The highest BCUT2D eigenvalue weighted by Gasteiger charge is 2.34. The number of carbonyl (C=O) groups is 1. The number of hydrogen-bond acceptors (Lipinski definition) is 3. The van der Waals surface area contributed by atoms with E-state index in [1.165, 1.54) is 0 Å². The van der Waals surface area contributed by atoms with E-state index in [1.807, 2.05) is 0 Å². The number of aromatic nitrogens is 2. The molecule has 1 saturated carbocycles. The van der Waals surface area contributed by atoms with Gasteiger partial charge >= 0.3 is 0 Å². The summed E-state index contributed by atoms with van der Waals surface area (Å²) in [4.78, 5) is 12.4. The van der Waals surface area contributed by atoms with Gasteiger partial charge in [0.25, 0.3) is 0 Å². The SMILES string of the molecule is Cn1ncc(Br)c1C(=O)C1CCCC1CN. The molecule has 2 N–H and O–H groups in total. The third-order valence-corrected chi connectivity index (χ3v) is 4.01. The number of Topliss-reactive ketones (excluding diaryl/α,β-unsaturated/α-hetero) is 1. The highest BCUT2D eigenvalue weighted by Crippen LogP contribution is 2.34. The van der Waals surface area contributed by atoms with Crippen LogP contribution in [0.4, 0.5) is 0 Å². The van der Waals surface area contributed by atoms with E-state index in [9.17, 15) is 4.79 Å². The van der Waals surface area contributed by atoms with E-state index in [4.69, 9.17) is 5.73 Å². The Balaban J connectivity index is 2.25. The Labute approximate surface area is 103 Å². The molecule has 0 bridgehead atoms. The standard InChI is InChI=1S/C11H16BrN3O/c1-15-10(9(12)6-14-15)11(16)8-4-2-3-7(8)5-13/h6-8H,2-5,13H2,1H3. The van der Waals surface area contributed by atoms with E-state index in [2.05, 4.69) is 21.0 Å². The van der Waals surface area contributed by atoms with Crippen LogP contribution in [-0.4, -0.2) is 22.1 Å². The maximum Gasteiger partial charge on any atom is 0.185 e. The van der Waals surface area contributed by atoms with Gasteiger partial charge in [0, 0.05) is 13.0 Å². The van der Waals surface area contributed by atoms with E-state index in [-0.39, 0.29) is 11.7 Å². The Morgan fingerprint density at radius 2 is 2.44 bits per heavy atom. The van der Waals surface area contributed by atoms with Crippen LogP contribution in [0.5, 0.6) is 0 Å². The third kappa shape index (κ3) is 1.94. The lowest BCUT2D eigenvalue weighted by Crippen LogP contribution is -2.26. The van der Waals surface area contributed by atoms with Crippen molar-refractivity contribution in [2.24, 2.45) is 24.6 Å². The van der Waals surface area contributed by atoms with Crippen molar-refractivity contribution in [3.63, 3.8) is 0 Å². The summed E-state index contributed by atoms with van der Waals surface area (Å²) in [5.74, 6) is 0.603. The van der Waals surface area contributed by atoms with Crippen molar-refractivity contribution in [3.8, 4) is 0 Å². The predicted octanol–water partition coefficient (Wildman–Crippen LogP) is 1.74. The van der Waals surface area contributed by atoms with Crippen LogP contribution in [0, 0.1) is 11.8 Å². The zero-order chi connectivity index (χ0) is 11.7. The van der Waals surface area contributed by atoms with Crippen LogP contribution in [0.2, 0.25) is 0 Å². The van der Waals surface area contributed by atoms with Gasteiger partial charge in [-0.15, -0.1) is 0 Å². The summed E-state index contributed by atoms with van der Waals surface area (Å²) in [7, 11) is 1.80. The topological polar surface area (TPSA) is 60.9 Å². The molecular weight excluding hydrogens is 270 g/mol. The largest absolute Gasteiger partial charge is 0.330 e. The smallest absolute Gasteiger partial charge is 0.185 e. The van der Waals surface area contributed by atoms with Crippen LogP contribution in [0.3, 0.4) is 0 Å². The van der Waals surface area contributed by atoms with Gasteiger partial charge in [-0.05, 0) is 41.2 Å². The highest BCUT2D eigenvalue weighted by atomic mass is 79.9. The van der Waals surface area contributed by atoms with E-state index in [0.29, 0.717) is 18.2 Å². The number of ketones is 1. The molecule has 1 heterocycles. The maximum atomic E-state index is 12.4. The number of halogens is 1. The number of aryl methyl sites for hydroxylation is 1. The Kier molecular flexibility index (Phi) is 3.44. The Bertz CT molecular complexity index is 382. The minimum absolute atomic E-state index is 0.0803. The first-order valence-electron chi connectivity index (χ1n) is 5.57. The molecule has 2 atom stereocenters. The monoisotopic (exact) mass is 285 g/mol. The molecule has 16 heavy (non-hydrogen) atoms. The fraction of sp³-hybridized carbons (Fsp3) is 0.636. The van der Waals surface area contributed by atoms with Crippen LogP contribution < -0.4 is 5.73 Å². The molecule has 2 rings (SSSR count). The van der Waals surface area contributed by atoms with Crippen LogP contribution in [0.25, 0.3) is 0 Å². The van der Waals surface area contributed by atoms with Gasteiger partial charge in [0.15, 0.2) is 5.78 Å². The van der Waals surface area contributed by atoms with Crippen molar-refractivity contribution < 1.29 is 4.79 Å². The van der Waals surface area contributed by atoms with Crippen molar-refractivity contribution in [2.45, 2.75) is 19.3 Å². The summed E-state index contributed by atoms with van der Waals surface area (Å²) in [5, 5.41) is 4.08. The molecule has 1 aliphatic rings. The van der Waals surface area contributed by atoms with Gasteiger partial charge in [0.1, 0.15) is 5.69 Å². The van der Waals surface area contributed by atoms with Crippen LogP contribution in [-0.2, 0) is 7.05 Å². The summed E-state index contributed by atoms with van der Waals surface area (Å²) < 4.78 is 2.42. The van der Waals surface area contributed by atoms with Gasteiger partial charge in [-0.1, -0.05) is 6.42 Å². The quantitative estimate of drug-likeness (QED) is 0.861. The van der Waals surface area contributed by atoms with Crippen LogP contribution in [0.15, 0.2) is 10.7 Å². The molecule has 4 nitrogen and oxygen atoms in total. The fourth-order valence-corrected chi connectivity index (χ4v) is 3.07. The summed E-state index contributed by atoms with van der Waals surface area (Å²) in [5.41, 5.74) is 6.38. The summed E-state index contributed by atoms with van der Waals surface area (Å²) in [6.45, 7) is 0.603.